The van der Waals surface area contributed by atoms with Crippen molar-refractivity contribution in [3.8, 4) is 28.6 Å². The summed E-state index contributed by atoms with van der Waals surface area (Å²) in [6.45, 7) is 6.23. The number of amides is 1. The number of ether oxygens (including phenoxy) is 3. The molecule has 7 heteroatoms. The van der Waals surface area contributed by atoms with Crippen molar-refractivity contribution in [1.82, 2.24) is 15.2 Å². The largest absolute Gasteiger partial charge is 0.493 e. The number of benzene rings is 2. The zero-order valence-electron chi connectivity index (χ0n) is 22.1. The quantitative estimate of drug-likeness (QED) is 0.396. The van der Waals surface area contributed by atoms with Crippen LogP contribution < -0.4 is 19.5 Å². The zero-order valence-corrected chi connectivity index (χ0v) is 22.1. The molecule has 0 unspecified atom stereocenters. The number of carbonyl (C=O) groups is 1. The van der Waals surface area contributed by atoms with Crippen LogP contribution in [0.4, 0.5) is 0 Å². The molecule has 0 spiro atoms. The van der Waals surface area contributed by atoms with E-state index in [1.807, 2.05) is 74.8 Å². The molecule has 0 atom stereocenters. The maximum atomic E-state index is 12.8. The Hall–Kier alpha value is -3.58. The Balaban J connectivity index is 1.62. The summed E-state index contributed by atoms with van der Waals surface area (Å²) in [4.78, 5) is 19.6. The predicted molar refractivity (Wildman–Crippen MR) is 143 cm³/mol. The summed E-state index contributed by atoms with van der Waals surface area (Å²) in [6, 6.07) is 19.0. The average Bonchev–Trinajstić information content (AvgIpc) is 2.86. The number of nitrogens with zero attached hydrogens (tertiary/aromatic N) is 2. The highest BCUT2D eigenvalue weighted by Crippen LogP contribution is 2.28. The van der Waals surface area contributed by atoms with E-state index in [0.717, 1.165) is 23.4 Å². The highest BCUT2D eigenvalue weighted by atomic mass is 16.5. The van der Waals surface area contributed by atoms with Crippen LogP contribution in [-0.4, -0.2) is 63.8 Å². The van der Waals surface area contributed by atoms with E-state index in [1.165, 1.54) is 0 Å². The minimum absolute atomic E-state index is 0.0268. The lowest BCUT2D eigenvalue weighted by atomic mass is 9.93. The van der Waals surface area contributed by atoms with Gasteiger partial charge >= 0.3 is 0 Å². The van der Waals surface area contributed by atoms with Crippen LogP contribution in [0.1, 0.15) is 29.8 Å². The number of hydrogen-bond acceptors (Lipinski definition) is 6. The van der Waals surface area contributed by atoms with Crippen molar-refractivity contribution >= 4 is 5.91 Å². The van der Waals surface area contributed by atoms with Gasteiger partial charge in [0, 0.05) is 36.7 Å². The van der Waals surface area contributed by atoms with Gasteiger partial charge in [0.1, 0.15) is 0 Å². The van der Waals surface area contributed by atoms with Gasteiger partial charge in [-0.05, 0) is 55.4 Å². The second-order valence-electron chi connectivity index (χ2n) is 9.81. The molecule has 0 aliphatic rings. The van der Waals surface area contributed by atoms with Gasteiger partial charge in [-0.3, -0.25) is 4.79 Å². The van der Waals surface area contributed by atoms with Crippen molar-refractivity contribution in [2.24, 2.45) is 5.41 Å². The first-order valence-electron chi connectivity index (χ1n) is 12.0. The molecule has 0 radical (unpaired) electrons. The van der Waals surface area contributed by atoms with E-state index in [4.69, 9.17) is 14.2 Å². The van der Waals surface area contributed by atoms with Crippen LogP contribution in [-0.2, 0) is 6.42 Å². The van der Waals surface area contributed by atoms with Crippen molar-refractivity contribution in [3.63, 3.8) is 0 Å². The summed E-state index contributed by atoms with van der Waals surface area (Å²) in [5.74, 6) is 1.84. The second-order valence-corrected chi connectivity index (χ2v) is 9.81. The predicted octanol–water partition coefficient (Wildman–Crippen LogP) is 4.70. The molecule has 3 aromatic rings. The van der Waals surface area contributed by atoms with Crippen LogP contribution in [0, 0.1) is 5.41 Å². The fraction of sp³-hybridized carbons (Fsp3) is 0.379. The number of aromatic nitrogens is 1. The van der Waals surface area contributed by atoms with Crippen LogP contribution in [0.3, 0.4) is 0 Å². The maximum absolute atomic E-state index is 12.8. The van der Waals surface area contributed by atoms with E-state index >= 15 is 0 Å². The molecule has 2 aromatic carbocycles. The third kappa shape index (κ3) is 7.71. The Morgan fingerprint density at radius 3 is 2.44 bits per heavy atom. The van der Waals surface area contributed by atoms with E-state index < -0.39 is 0 Å². The second kappa shape index (κ2) is 12.4. The van der Waals surface area contributed by atoms with Crippen molar-refractivity contribution in [2.45, 2.75) is 20.3 Å². The van der Waals surface area contributed by atoms with Crippen LogP contribution in [0.5, 0.6) is 17.4 Å². The van der Waals surface area contributed by atoms with Crippen molar-refractivity contribution < 1.29 is 19.0 Å². The summed E-state index contributed by atoms with van der Waals surface area (Å²) in [7, 11) is 7.31. The van der Waals surface area contributed by atoms with Gasteiger partial charge in [-0.25, -0.2) is 4.98 Å². The molecule has 0 bridgehead atoms. The van der Waals surface area contributed by atoms with Gasteiger partial charge in [-0.15, -0.1) is 0 Å². The summed E-state index contributed by atoms with van der Waals surface area (Å²) >= 11 is 0. The Labute approximate surface area is 214 Å². The number of rotatable bonds is 12. The van der Waals surface area contributed by atoms with E-state index in [2.05, 4.69) is 29.0 Å². The minimum Gasteiger partial charge on any atom is -0.493 e. The highest BCUT2D eigenvalue weighted by molar-refractivity contribution is 5.95. The Morgan fingerprint density at radius 2 is 1.72 bits per heavy atom. The summed E-state index contributed by atoms with van der Waals surface area (Å²) < 4.78 is 16.6. The lowest BCUT2D eigenvalue weighted by Gasteiger charge is -2.28. The molecule has 1 amide bonds. The van der Waals surface area contributed by atoms with E-state index in [0.29, 0.717) is 42.5 Å². The fourth-order valence-electron chi connectivity index (χ4n) is 4.12. The number of carbonyl (C=O) groups excluding carboxylic acids is 1. The molecular formula is C29H37N3O4. The maximum Gasteiger partial charge on any atom is 0.251 e. The summed E-state index contributed by atoms with van der Waals surface area (Å²) in [6.07, 6.45) is 0.700. The lowest BCUT2D eigenvalue weighted by Crippen LogP contribution is -2.39. The molecule has 0 fully saturated rings. The van der Waals surface area contributed by atoms with Crippen LogP contribution in [0.2, 0.25) is 0 Å². The first-order valence-corrected chi connectivity index (χ1v) is 12.0. The molecule has 0 aliphatic carbocycles. The van der Waals surface area contributed by atoms with Crippen LogP contribution >= 0.6 is 0 Å². The number of pyridine rings is 1. The van der Waals surface area contributed by atoms with Gasteiger partial charge < -0.3 is 24.4 Å². The molecule has 1 N–H and O–H groups in total. The van der Waals surface area contributed by atoms with Gasteiger partial charge in [-0.2, -0.15) is 0 Å². The molecule has 0 aliphatic heterocycles. The molecule has 0 saturated heterocycles. The number of nitrogens with one attached hydrogen (secondary N) is 1. The zero-order chi connectivity index (χ0) is 26.1. The van der Waals surface area contributed by atoms with Crippen molar-refractivity contribution in [3.05, 3.63) is 71.8 Å². The first kappa shape index (κ1) is 27.0. The van der Waals surface area contributed by atoms with Gasteiger partial charge in [-0.1, -0.05) is 38.1 Å². The molecule has 0 saturated carbocycles. The van der Waals surface area contributed by atoms with Gasteiger partial charge in [0.05, 0.1) is 26.5 Å². The normalized spacial score (nSPS) is 11.3. The molecule has 1 aromatic heterocycles. The molecular weight excluding hydrogens is 454 g/mol. The molecule has 7 nitrogen and oxygen atoms in total. The van der Waals surface area contributed by atoms with Crippen LogP contribution in [0.15, 0.2) is 60.7 Å². The van der Waals surface area contributed by atoms with E-state index in [9.17, 15) is 4.79 Å². The third-order valence-electron chi connectivity index (χ3n) is 5.70. The summed E-state index contributed by atoms with van der Waals surface area (Å²) in [5.41, 5.74) is 3.27. The first-order chi connectivity index (χ1) is 17.2. The number of hydrogen-bond donors (Lipinski definition) is 1. The topological polar surface area (TPSA) is 72.9 Å². The molecule has 36 heavy (non-hydrogen) atoms. The van der Waals surface area contributed by atoms with E-state index in [-0.39, 0.29) is 11.3 Å². The van der Waals surface area contributed by atoms with Gasteiger partial charge in [0.15, 0.2) is 11.5 Å². The monoisotopic (exact) mass is 491 g/mol. The average molecular weight is 492 g/mol. The molecule has 1 heterocycles. The Kier molecular flexibility index (Phi) is 9.31. The standard InChI is InChI=1S/C29H37N3O4/c1-29(2,20-32(3)4)19-30-28(33)23-10-7-9-22(18-23)24-11-8-12-27(31-24)36-16-15-21-13-14-25(34-5)26(17-21)35-6/h7-14,17-18H,15-16,19-20H2,1-6H3,(H,30,33). The minimum atomic E-state index is -0.0917. The molecule has 3 rings (SSSR count). The lowest BCUT2D eigenvalue weighted by molar-refractivity contribution is 0.0929. The van der Waals surface area contributed by atoms with Gasteiger partial charge in [0.2, 0.25) is 5.88 Å². The highest BCUT2D eigenvalue weighted by Gasteiger charge is 2.20. The SMILES string of the molecule is COc1ccc(CCOc2cccc(-c3cccc(C(=O)NCC(C)(C)CN(C)C)c3)n2)cc1OC. The van der Waals surface area contributed by atoms with Gasteiger partial charge in [0.25, 0.3) is 5.91 Å². The van der Waals surface area contributed by atoms with Crippen LogP contribution in [0.25, 0.3) is 11.3 Å². The third-order valence-corrected chi connectivity index (χ3v) is 5.70. The van der Waals surface area contributed by atoms with Crippen molar-refractivity contribution in [2.75, 3.05) is 48.0 Å². The molecule has 192 valence electrons. The Morgan fingerprint density at radius 1 is 0.972 bits per heavy atom. The Bertz CT molecular complexity index is 1160. The van der Waals surface area contributed by atoms with Crippen molar-refractivity contribution in [1.29, 1.82) is 0 Å². The smallest absolute Gasteiger partial charge is 0.251 e. The van der Waals surface area contributed by atoms with E-state index in [1.54, 1.807) is 14.2 Å². The summed E-state index contributed by atoms with van der Waals surface area (Å²) in [5, 5.41) is 3.07. The fourth-order valence-corrected chi connectivity index (χ4v) is 4.12. The number of methoxy groups -OCH3 is 2.